The molecule has 3 nitrogen and oxygen atoms in total. The second kappa shape index (κ2) is 5.47. The van der Waals surface area contributed by atoms with E-state index < -0.39 is 0 Å². The van der Waals surface area contributed by atoms with Crippen molar-refractivity contribution in [3.63, 3.8) is 0 Å². The first-order chi connectivity index (χ1) is 8.45. The summed E-state index contributed by atoms with van der Waals surface area (Å²) in [5, 5.41) is 5.76. The van der Waals surface area contributed by atoms with E-state index in [1.54, 1.807) is 22.7 Å². The minimum absolute atomic E-state index is 0.148. The first kappa shape index (κ1) is 13.6. The number of aromatic nitrogens is 2. The predicted molar refractivity (Wildman–Crippen MR) is 78.2 cm³/mol. The molecule has 0 saturated carbocycles. The molecule has 0 bridgehead atoms. The van der Waals surface area contributed by atoms with Gasteiger partial charge in [0.2, 0.25) is 0 Å². The quantitative estimate of drug-likeness (QED) is 0.932. The van der Waals surface area contributed by atoms with Crippen molar-refractivity contribution in [1.82, 2.24) is 15.3 Å². The van der Waals surface area contributed by atoms with E-state index in [2.05, 4.69) is 43.0 Å². The molecule has 18 heavy (non-hydrogen) atoms. The molecule has 0 fully saturated rings. The third-order valence-electron chi connectivity index (χ3n) is 2.44. The second-order valence-electron chi connectivity index (χ2n) is 5.35. The van der Waals surface area contributed by atoms with Crippen molar-refractivity contribution < 1.29 is 0 Å². The van der Waals surface area contributed by atoms with Gasteiger partial charge in [-0.15, -0.1) is 22.7 Å². The van der Waals surface area contributed by atoms with Crippen molar-refractivity contribution >= 4 is 22.7 Å². The van der Waals surface area contributed by atoms with Crippen LogP contribution in [0, 0.1) is 6.92 Å². The Balaban J connectivity index is 1.85. The third-order valence-corrected chi connectivity index (χ3v) is 4.78. The lowest BCUT2D eigenvalue weighted by Crippen LogP contribution is -2.11. The van der Waals surface area contributed by atoms with Crippen molar-refractivity contribution in [2.75, 3.05) is 0 Å². The van der Waals surface area contributed by atoms with Gasteiger partial charge in [0.25, 0.3) is 0 Å². The smallest absolute Gasteiger partial charge is 0.107 e. The molecule has 1 N–H and O–H groups in total. The normalized spacial score (nSPS) is 12.0. The molecule has 0 amide bonds. The maximum atomic E-state index is 4.48. The van der Waals surface area contributed by atoms with E-state index >= 15 is 0 Å². The number of nitrogens with one attached hydrogen (secondary N) is 1. The van der Waals surface area contributed by atoms with E-state index in [-0.39, 0.29) is 5.41 Å². The first-order valence-corrected chi connectivity index (χ1v) is 7.65. The lowest BCUT2D eigenvalue weighted by atomic mass is 9.98. The monoisotopic (exact) mass is 281 g/mol. The minimum atomic E-state index is 0.148. The van der Waals surface area contributed by atoms with Crippen LogP contribution in [0.25, 0.3) is 0 Å². The summed E-state index contributed by atoms with van der Waals surface area (Å²) in [5.74, 6) is 0. The van der Waals surface area contributed by atoms with Crippen LogP contribution in [0.15, 0.2) is 12.4 Å². The van der Waals surface area contributed by atoms with Crippen LogP contribution in [-0.4, -0.2) is 9.97 Å². The van der Waals surface area contributed by atoms with Gasteiger partial charge in [-0.2, -0.15) is 0 Å². The maximum Gasteiger partial charge on any atom is 0.107 e. The Labute approximate surface area is 116 Å². The summed E-state index contributed by atoms with van der Waals surface area (Å²) < 4.78 is 0. The van der Waals surface area contributed by atoms with E-state index in [4.69, 9.17) is 0 Å². The lowest BCUT2D eigenvalue weighted by Gasteiger charge is -2.13. The number of aryl methyl sites for hydroxylation is 1. The number of hydrogen-bond donors (Lipinski definition) is 1. The SMILES string of the molecule is Cc1cnc(CNCc2cnc(C(C)(C)C)s2)s1. The molecule has 0 aromatic carbocycles. The Morgan fingerprint density at radius 2 is 1.89 bits per heavy atom. The number of nitrogens with zero attached hydrogens (tertiary/aromatic N) is 2. The largest absolute Gasteiger partial charge is 0.305 e. The zero-order valence-electron chi connectivity index (χ0n) is 11.3. The summed E-state index contributed by atoms with van der Waals surface area (Å²) in [7, 11) is 0. The molecule has 0 aliphatic rings. The molecular weight excluding hydrogens is 262 g/mol. The molecule has 2 aromatic heterocycles. The highest BCUT2D eigenvalue weighted by atomic mass is 32.1. The van der Waals surface area contributed by atoms with Crippen LogP contribution in [0.5, 0.6) is 0 Å². The molecule has 98 valence electrons. The highest BCUT2D eigenvalue weighted by Crippen LogP contribution is 2.26. The summed E-state index contributed by atoms with van der Waals surface area (Å²) in [4.78, 5) is 11.4. The van der Waals surface area contributed by atoms with Gasteiger partial charge in [-0.25, -0.2) is 9.97 Å². The Kier molecular flexibility index (Phi) is 4.14. The van der Waals surface area contributed by atoms with Gasteiger partial charge in [-0.05, 0) is 6.92 Å². The van der Waals surface area contributed by atoms with Gasteiger partial charge < -0.3 is 5.32 Å². The van der Waals surface area contributed by atoms with Crippen molar-refractivity contribution in [1.29, 1.82) is 0 Å². The minimum Gasteiger partial charge on any atom is -0.305 e. The van der Waals surface area contributed by atoms with Gasteiger partial charge in [0, 0.05) is 40.7 Å². The zero-order chi connectivity index (χ0) is 13.2. The van der Waals surface area contributed by atoms with Gasteiger partial charge in [-0.1, -0.05) is 20.8 Å². The molecule has 0 atom stereocenters. The predicted octanol–water partition coefficient (Wildman–Crippen LogP) is 3.50. The van der Waals surface area contributed by atoms with E-state index in [9.17, 15) is 0 Å². The lowest BCUT2D eigenvalue weighted by molar-refractivity contribution is 0.585. The van der Waals surface area contributed by atoms with Crippen molar-refractivity contribution in [3.8, 4) is 0 Å². The van der Waals surface area contributed by atoms with E-state index in [1.165, 1.54) is 14.8 Å². The van der Waals surface area contributed by atoms with Crippen molar-refractivity contribution in [2.45, 2.75) is 46.2 Å². The molecular formula is C13H19N3S2. The number of rotatable bonds is 4. The molecule has 0 radical (unpaired) electrons. The van der Waals surface area contributed by atoms with Crippen molar-refractivity contribution in [3.05, 3.63) is 32.2 Å². The molecule has 0 spiro atoms. The van der Waals surface area contributed by atoms with Crippen LogP contribution in [0.3, 0.4) is 0 Å². The van der Waals surface area contributed by atoms with Crippen LogP contribution < -0.4 is 5.32 Å². The maximum absolute atomic E-state index is 4.48. The Hall–Kier alpha value is -0.780. The molecule has 0 aliphatic carbocycles. The van der Waals surface area contributed by atoms with E-state index in [1.807, 2.05) is 12.4 Å². The summed E-state index contributed by atoms with van der Waals surface area (Å²) in [5.41, 5.74) is 0.148. The number of hydrogen-bond acceptors (Lipinski definition) is 5. The molecule has 2 heterocycles. The highest BCUT2D eigenvalue weighted by Gasteiger charge is 2.17. The molecule has 0 unspecified atom stereocenters. The fourth-order valence-electron chi connectivity index (χ4n) is 1.51. The Morgan fingerprint density at radius 3 is 2.44 bits per heavy atom. The van der Waals surface area contributed by atoms with Gasteiger partial charge >= 0.3 is 0 Å². The van der Waals surface area contributed by atoms with Crippen LogP contribution in [-0.2, 0) is 18.5 Å². The van der Waals surface area contributed by atoms with E-state index in [0.29, 0.717) is 0 Å². The highest BCUT2D eigenvalue weighted by molar-refractivity contribution is 7.12. The summed E-state index contributed by atoms with van der Waals surface area (Å²) in [6, 6.07) is 0. The second-order valence-corrected chi connectivity index (χ2v) is 7.78. The summed E-state index contributed by atoms with van der Waals surface area (Å²) in [6.45, 7) is 10.4. The first-order valence-electron chi connectivity index (χ1n) is 6.02. The molecule has 0 saturated heterocycles. The van der Waals surface area contributed by atoms with Gasteiger partial charge in [-0.3, -0.25) is 0 Å². The Morgan fingerprint density at radius 1 is 1.11 bits per heavy atom. The van der Waals surface area contributed by atoms with Crippen molar-refractivity contribution in [2.24, 2.45) is 0 Å². The summed E-state index contributed by atoms with van der Waals surface area (Å²) in [6.07, 6.45) is 3.90. The van der Waals surface area contributed by atoms with Gasteiger partial charge in [0.1, 0.15) is 5.01 Å². The third kappa shape index (κ3) is 3.60. The zero-order valence-corrected chi connectivity index (χ0v) is 12.9. The molecule has 2 rings (SSSR count). The topological polar surface area (TPSA) is 37.8 Å². The van der Waals surface area contributed by atoms with E-state index in [0.717, 1.165) is 18.1 Å². The Bertz CT molecular complexity index is 508. The average Bonchev–Trinajstić information content (AvgIpc) is 2.87. The van der Waals surface area contributed by atoms with Crippen LogP contribution >= 0.6 is 22.7 Å². The fourth-order valence-corrected chi connectivity index (χ4v) is 3.21. The van der Waals surface area contributed by atoms with Gasteiger partial charge in [0.15, 0.2) is 0 Å². The van der Waals surface area contributed by atoms with Crippen LogP contribution in [0.2, 0.25) is 0 Å². The van der Waals surface area contributed by atoms with Crippen LogP contribution in [0.4, 0.5) is 0 Å². The summed E-state index contributed by atoms with van der Waals surface area (Å²) >= 11 is 3.54. The van der Waals surface area contributed by atoms with Gasteiger partial charge in [0.05, 0.1) is 5.01 Å². The number of thiazole rings is 2. The fraction of sp³-hybridized carbons (Fsp3) is 0.538. The molecule has 2 aromatic rings. The standard InChI is InChI=1S/C13H19N3S2/c1-9-5-15-11(17-9)8-14-6-10-7-16-12(18-10)13(2,3)4/h5,7,14H,6,8H2,1-4H3. The average molecular weight is 281 g/mol. The van der Waals surface area contributed by atoms with Crippen LogP contribution in [0.1, 0.15) is 40.5 Å². The molecule has 0 aliphatic heterocycles. The molecule has 5 heteroatoms.